The molecule has 0 heteroatoms. The summed E-state index contributed by atoms with van der Waals surface area (Å²) in [5.41, 5.74) is 1.54. The molecule has 0 saturated carbocycles. The minimum absolute atomic E-state index is 0.716. The van der Waals surface area contributed by atoms with Crippen molar-refractivity contribution in [1.29, 1.82) is 0 Å². The van der Waals surface area contributed by atoms with Gasteiger partial charge in [0, 0.05) is 0 Å². The Morgan fingerprint density at radius 3 is 2.38 bits per heavy atom. The van der Waals surface area contributed by atoms with Crippen molar-refractivity contribution < 1.29 is 0 Å². The van der Waals surface area contributed by atoms with E-state index in [0.717, 1.165) is 11.8 Å². The highest BCUT2D eigenvalue weighted by Crippen LogP contribution is 2.26. The van der Waals surface area contributed by atoms with Crippen LogP contribution < -0.4 is 0 Å². The molecule has 0 heterocycles. The van der Waals surface area contributed by atoms with Crippen LogP contribution in [0.5, 0.6) is 0 Å². The van der Waals surface area contributed by atoms with Gasteiger partial charge in [-0.25, -0.2) is 0 Å². The Hall–Kier alpha value is -0.520. The summed E-state index contributed by atoms with van der Waals surface area (Å²) in [5.74, 6) is 2.31. The molecule has 0 aromatic rings. The summed E-state index contributed by atoms with van der Waals surface area (Å²) < 4.78 is 0. The molecule has 1 rings (SSSR count). The molecule has 0 aromatic heterocycles. The highest BCUT2D eigenvalue weighted by atomic mass is 14.2. The molecule has 0 aliphatic heterocycles. The predicted octanol–water partition coefficient (Wildman–Crippen LogP) is 4.19. The zero-order valence-corrected chi connectivity index (χ0v) is 9.38. The standard InChI is InChI=1S/C13H22/c1-10(2)7-12-5-6-13(9-12)8-11(3)4/h5-6,9-12H,7-8H2,1-4H3. The van der Waals surface area contributed by atoms with Crippen LogP contribution in [0.2, 0.25) is 0 Å². The first-order chi connectivity index (χ1) is 6.08. The summed E-state index contributed by atoms with van der Waals surface area (Å²) in [7, 11) is 0. The van der Waals surface area contributed by atoms with Crippen LogP contribution in [0, 0.1) is 17.8 Å². The van der Waals surface area contributed by atoms with Crippen molar-refractivity contribution in [2.24, 2.45) is 17.8 Å². The third-order valence-electron chi connectivity index (χ3n) is 2.37. The van der Waals surface area contributed by atoms with Gasteiger partial charge < -0.3 is 0 Å². The summed E-state index contributed by atoms with van der Waals surface area (Å²) in [6, 6.07) is 0. The number of hydrogen-bond acceptors (Lipinski definition) is 0. The van der Waals surface area contributed by atoms with Gasteiger partial charge in [-0.3, -0.25) is 0 Å². The van der Waals surface area contributed by atoms with Gasteiger partial charge >= 0.3 is 0 Å². The second-order valence-electron chi connectivity index (χ2n) is 4.99. The summed E-state index contributed by atoms with van der Waals surface area (Å²) in [6.45, 7) is 9.15. The highest BCUT2D eigenvalue weighted by molar-refractivity contribution is 5.29. The van der Waals surface area contributed by atoms with Crippen molar-refractivity contribution >= 4 is 0 Å². The molecule has 74 valence electrons. The third-order valence-corrected chi connectivity index (χ3v) is 2.37. The quantitative estimate of drug-likeness (QED) is 0.605. The fourth-order valence-electron chi connectivity index (χ4n) is 1.93. The largest absolute Gasteiger partial charge is 0.0773 e. The molecule has 0 saturated heterocycles. The fourth-order valence-corrected chi connectivity index (χ4v) is 1.93. The van der Waals surface area contributed by atoms with Crippen LogP contribution in [0.1, 0.15) is 40.5 Å². The molecule has 13 heavy (non-hydrogen) atoms. The monoisotopic (exact) mass is 178 g/mol. The van der Waals surface area contributed by atoms with Gasteiger partial charge in [-0.15, -0.1) is 0 Å². The highest BCUT2D eigenvalue weighted by Gasteiger charge is 2.11. The Labute approximate surface area is 82.7 Å². The smallest absolute Gasteiger partial charge is 0.00420 e. The minimum atomic E-state index is 0.716. The predicted molar refractivity (Wildman–Crippen MR) is 59.6 cm³/mol. The fraction of sp³-hybridized carbons (Fsp3) is 0.692. The van der Waals surface area contributed by atoms with Crippen LogP contribution in [0.25, 0.3) is 0 Å². The lowest BCUT2D eigenvalue weighted by Crippen LogP contribution is -1.96. The van der Waals surface area contributed by atoms with Crippen LogP contribution >= 0.6 is 0 Å². The van der Waals surface area contributed by atoms with Crippen LogP contribution in [0.3, 0.4) is 0 Å². The zero-order valence-electron chi connectivity index (χ0n) is 9.38. The van der Waals surface area contributed by atoms with Crippen LogP contribution in [0.4, 0.5) is 0 Å². The van der Waals surface area contributed by atoms with Crippen molar-refractivity contribution in [3.05, 3.63) is 23.8 Å². The summed E-state index contributed by atoms with van der Waals surface area (Å²) >= 11 is 0. The van der Waals surface area contributed by atoms with E-state index in [0.29, 0.717) is 5.92 Å². The van der Waals surface area contributed by atoms with Crippen molar-refractivity contribution in [3.63, 3.8) is 0 Å². The molecule has 1 unspecified atom stereocenters. The molecule has 0 N–H and O–H groups in total. The van der Waals surface area contributed by atoms with Gasteiger partial charge in [0.15, 0.2) is 0 Å². The van der Waals surface area contributed by atoms with Crippen molar-refractivity contribution in [1.82, 2.24) is 0 Å². The maximum Gasteiger partial charge on any atom is -0.00420 e. The van der Waals surface area contributed by atoms with E-state index in [1.807, 2.05) is 0 Å². The molecule has 0 fully saturated rings. The first-order valence-corrected chi connectivity index (χ1v) is 5.47. The van der Waals surface area contributed by atoms with E-state index in [1.54, 1.807) is 5.57 Å². The van der Waals surface area contributed by atoms with E-state index in [9.17, 15) is 0 Å². The average Bonchev–Trinajstić information content (AvgIpc) is 2.33. The number of allylic oxidation sites excluding steroid dienone is 4. The van der Waals surface area contributed by atoms with Crippen molar-refractivity contribution in [3.8, 4) is 0 Å². The lowest BCUT2D eigenvalue weighted by Gasteiger charge is -2.08. The Bertz CT molecular complexity index is 206. The van der Waals surface area contributed by atoms with E-state index in [4.69, 9.17) is 0 Å². The Morgan fingerprint density at radius 2 is 1.85 bits per heavy atom. The lowest BCUT2D eigenvalue weighted by atomic mass is 9.97. The Morgan fingerprint density at radius 1 is 1.15 bits per heavy atom. The molecule has 0 aromatic carbocycles. The van der Waals surface area contributed by atoms with Gasteiger partial charge in [-0.2, -0.15) is 0 Å². The minimum Gasteiger partial charge on any atom is -0.0773 e. The van der Waals surface area contributed by atoms with E-state index < -0.39 is 0 Å². The first-order valence-electron chi connectivity index (χ1n) is 5.47. The molecule has 0 amide bonds. The zero-order chi connectivity index (χ0) is 9.84. The second-order valence-corrected chi connectivity index (χ2v) is 4.99. The average molecular weight is 178 g/mol. The number of rotatable bonds is 4. The Kier molecular flexibility index (Phi) is 3.77. The van der Waals surface area contributed by atoms with E-state index in [1.165, 1.54) is 12.8 Å². The summed E-state index contributed by atoms with van der Waals surface area (Å²) in [6.07, 6.45) is 9.66. The van der Waals surface area contributed by atoms with Crippen molar-refractivity contribution in [2.45, 2.75) is 40.5 Å². The summed E-state index contributed by atoms with van der Waals surface area (Å²) in [5, 5.41) is 0. The molecule has 1 aliphatic carbocycles. The normalized spacial score (nSPS) is 21.7. The molecular formula is C13H22. The van der Waals surface area contributed by atoms with Crippen LogP contribution in [-0.4, -0.2) is 0 Å². The third kappa shape index (κ3) is 3.80. The van der Waals surface area contributed by atoms with Gasteiger partial charge in [-0.1, -0.05) is 51.5 Å². The molecule has 0 radical (unpaired) electrons. The van der Waals surface area contributed by atoms with E-state index >= 15 is 0 Å². The maximum atomic E-state index is 2.44. The molecular weight excluding hydrogens is 156 g/mol. The SMILES string of the molecule is CC(C)CC1=CC(CC(C)C)C=C1. The molecule has 1 atom stereocenters. The second kappa shape index (κ2) is 4.64. The topological polar surface area (TPSA) is 0 Å². The van der Waals surface area contributed by atoms with Gasteiger partial charge in [0.1, 0.15) is 0 Å². The molecule has 0 spiro atoms. The molecule has 0 nitrogen and oxygen atoms in total. The van der Waals surface area contributed by atoms with Crippen LogP contribution in [0.15, 0.2) is 23.8 Å². The van der Waals surface area contributed by atoms with E-state index in [2.05, 4.69) is 45.9 Å². The van der Waals surface area contributed by atoms with Crippen molar-refractivity contribution in [2.75, 3.05) is 0 Å². The molecule has 1 aliphatic rings. The van der Waals surface area contributed by atoms with Gasteiger partial charge in [0.2, 0.25) is 0 Å². The maximum absolute atomic E-state index is 2.44. The Balaban J connectivity index is 2.41. The first kappa shape index (κ1) is 10.6. The molecule has 0 bridgehead atoms. The summed E-state index contributed by atoms with van der Waals surface area (Å²) in [4.78, 5) is 0. The lowest BCUT2D eigenvalue weighted by molar-refractivity contribution is 0.534. The van der Waals surface area contributed by atoms with E-state index in [-0.39, 0.29) is 0 Å². The van der Waals surface area contributed by atoms with Gasteiger partial charge in [0.25, 0.3) is 0 Å². The number of hydrogen-bond donors (Lipinski definition) is 0. The van der Waals surface area contributed by atoms with Crippen LogP contribution in [-0.2, 0) is 0 Å². The van der Waals surface area contributed by atoms with Gasteiger partial charge in [-0.05, 0) is 30.6 Å². The van der Waals surface area contributed by atoms with Gasteiger partial charge in [0.05, 0.1) is 0 Å².